The summed E-state index contributed by atoms with van der Waals surface area (Å²) in [5.74, 6) is -1.89. The third-order valence-corrected chi connectivity index (χ3v) is 6.12. The summed E-state index contributed by atoms with van der Waals surface area (Å²) >= 11 is 0. The summed E-state index contributed by atoms with van der Waals surface area (Å²) in [6.07, 6.45) is 0.973. The molecule has 1 aliphatic rings. The Hall–Kier alpha value is -3.55. The molecule has 1 heterocycles. The van der Waals surface area contributed by atoms with Crippen molar-refractivity contribution >= 4 is 23.6 Å². The van der Waals surface area contributed by atoms with E-state index >= 15 is 0 Å². The Labute approximate surface area is 198 Å². The standard InChI is InChI=1S/C26H30FN3O4/c1-4-17(2)28-24(32)18(3)30(16-19-10-5-8-13-22(19)27)23(31)14-9-15-29-25(33)20-11-6-7-12-21(20)26(29)34/h5-8,10-13,17-18H,4,9,14-16H2,1-3H3,(H,28,32)/t17-,18+/m0/s1. The maximum atomic E-state index is 14.3. The molecule has 0 bridgehead atoms. The molecule has 34 heavy (non-hydrogen) atoms. The van der Waals surface area contributed by atoms with E-state index in [-0.39, 0.29) is 55.6 Å². The minimum absolute atomic E-state index is 0.00279. The van der Waals surface area contributed by atoms with Crippen LogP contribution in [-0.4, -0.2) is 52.1 Å². The van der Waals surface area contributed by atoms with E-state index in [0.29, 0.717) is 16.7 Å². The van der Waals surface area contributed by atoms with Crippen LogP contribution in [0, 0.1) is 5.82 Å². The minimum Gasteiger partial charge on any atom is -0.352 e. The number of carbonyl (C=O) groups is 4. The molecule has 0 aromatic heterocycles. The molecule has 0 saturated carbocycles. The fourth-order valence-electron chi connectivity index (χ4n) is 3.83. The van der Waals surface area contributed by atoms with Crippen molar-refractivity contribution in [2.75, 3.05) is 6.54 Å². The first-order chi connectivity index (χ1) is 16.2. The molecule has 0 radical (unpaired) electrons. The second-order valence-corrected chi connectivity index (χ2v) is 8.52. The molecule has 0 fully saturated rings. The van der Waals surface area contributed by atoms with Gasteiger partial charge in [-0.2, -0.15) is 0 Å². The predicted octanol–water partition coefficient (Wildman–Crippen LogP) is 3.53. The van der Waals surface area contributed by atoms with Gasteiger partial charge < -0.3 is 10.2 Å². The lowest BCUT2D eigenvalue weighted by atomic mass is 10.1. The fourth-order valence-corrected chi connectivity index (χ4v) is 3.83. The van der Waals surface area contributed by atoms with Gasteiger partial charge >= 0.3 is 0 Å². The largest absolute Gasteiger partial charge is 0.352 e. The number of hydrogen-bond donors (Lipinski definition) is 1. The molecular weight excluding hydrogens is 437 g/mol. The molecule has 1 N–H and O–H groups in total. The van der Waals surface area contributed by atoms with E-state index in [2.05, 4.69) is 5.32 Å². The Morgan fingerprint density at radius 2 is 1.59 bits per heavy atom. The van der Waals surface area contributed by atoms with Crippen molar-refractivity contribution in [1.82, 2.24) is 15.1 Å². The summed E-state index contributed by atoms with van der Waals surface area (Å²) in [5, 5.41) is 2.86. The van der Waals surface area contributed by atoms with Crippen LogP contribution in [0.2, 0.25) is 0 Å². The average Bonchev–Trinajstić information content (AvgIpc) is 3.07. The van der Waals surface area contributed by atoms with E-state index in [0.717, 1.165) is 11.3 Å². The monoisotopic (exact) mass is 467 g/mol. The number of benzene rings is 2. The van der Waals surface area contributed by atoms with E-state index in [1.807, 2.05) is 13.8 Å². The van der Waals surface area contributed by atoms with Gasteiger partial charge in [0.15, 0.2) is 0 Å². The van der Waals surface area contributed by atoms with Crippen molar-refractivity contribution in [3.63, 3.8) is 0 Å². The van der Waals surface area contributed by atoms with Crippen molar-refractivity contribution in [2.24, 2.45) is 0 Å². The van der Waals surface area contributed by atoms with Gasteiger partial charge in [0.25, 0.3) is 11.8 Å². The number of carbonyl (C=O) groups excluding carboxylic acids is 4. The van der Waals surface area contributed by atoms with E-state index in [1.165, 1.54) is 11.0 Å². The summed E-state index contributed by atoms with van der Waals surface area (Å²) in [6.45, 7) is 5.44. The zero-order valence-corrected chi connectivity index (χ0v) is 19.7. The molecule has 3 rings (SSSR count). The topological polar surface area (TPSA) is 86.8 Å². The zero-order valence-electron chi connectivity index (χ0n) is 19.7. The minimum atomic E-state index is -0.819. The molecule has 180 valence electrons. The smallest absolute Gasteiger partial charge is 0.261 e. The molecule has 7 nitrogen and oxygen atoms in total. The second kappa shape index (κ2) is 11.0. The van der Waals surface area contributed by atoms with Crippen molar-refractivity contribution in [3.8, 4) is 0 Å². The third-order valence-electron chi connectivity index (χ3n) is 6.12. The number of halogens is 1. The number of nitrogens with one attached hydrogen (secondary N) is 1. The zero-order chi connectivity index (χ0) is 24.8. The maximum absolute atomic E-state index is 14.3. The summed E-state index contributed by atoms with van der Waals surface area (Å²) < 4.78 is 14.3. The van der Waals surface area contributed by atoms with E-state index in [9.17, 15) is 23.6 Å². The van der Waals surface area contributed by atoms with Gasteiger partial charge in [-0.1, -0.05) is 37.3 Å². The molecule has 2 atom stereocenters. The van der Waals surface area contributed by atoms with Crippen molar-refractivity contribution in [3.05, 3.63) is 71.0 Å². The van der Waals surface area contributed by atoms with Gasteiger partial charge in [-0.25, -0.2) is 4.39 Å². The van der Waals surface area contributed by atoms with Gasteiger partial charge in [-0.15, -0.1) is 0 Å². The fraction of sp³-hybridized carbons (Fsp3) is 0.385. The molecule has 0 spiro atoms. The quantitative estimate of drug-likeness (QED) is 0.542. The van der Waals surface area contributed by atoms with Crippen LogP contribution in [0.15, 0.2) is 48.5 Å². The third kappa shape index (κ3) is 5.50. The molecule has 1 aliphatic heterocycles. The number of hydrogen-bond acceptors (Lipinski definition) is 4. The van der Waals surface area contributed by atoms with Crippen molar-refractivity contribution < 1.29 is 23.6 Å². The Morgan fingerprint density at radius 1 is 1.00 bits per heavy atom. The van der Waals surface area contributed by atoms with Gasteiger partial charge in [0, 0.05) is 31.1 Å². The predicted molar refractivity (Wildman–Crippen MR) is 125 cm³/mol. The Bertz CT molecular complexity index is 1050. The lowest BCUT2D eigenvalue weighted by molar-refractivity contribution is -0.141. The maximum Gasteiger partial charge on any atom is 0.261 e. The van der Waals surface area contributed by atoms with Crippen molar-refractivity contribution in [2.45, 2.75) is 58.7 Å². The van der Waals surface area contributed by atoms with Gasteiger partial charge in [0.05, 0.1) is 11.1 Å². The van der Waals surface area contributed by atoms with Crippen LogP contribution in [-0.2, 0) is 16.1 Å². The lowest BCUT2D eigenvalue weighted by Gasteiger charge is -2.30. The van der Waals surface area contributed by atoms with Gasteiger partial charge in [0.2, 0.25) is 11.8 Å². The van der Waals surface area contributed by atoms with Crippen LogP contribution < -0.4 is 5.32 Å². The molecule has 0 unspecified atom stereocenters. The summed E-state index contributed by atoms with van der Waals surface area (Å²) in [4.78, 5) is 53.4. The van der Waals surface area contributed by atoms with Gasteiger partial charge in [-0.3, -0.25) is 24.1 Å². The summed E-state index contributed by atoms with van der Waals surface area (Å²) in [7, 11) is 0. The van der Waals surface area contributed by atoms with Crippen molar-refractivity contribution in [1.29, 1.82) is 0 Å². The highest BCUT2D eigenvalue weighted by Crippen LogP contribution is 2.23. The number of rotatable bonds is 10. The van der Waals surface area contributed by atoms with Crippen LogP contribution in [0.3, 0.4) is 0 Å². The first-order valence-electron chi connectivity index (χ1n) is 11.5. The number of amides is 4. The highest BCUT2D eigenvalue weighted by molar-refractivity contribution is 6.21. The highest BCUT2D eigenvalue weighted by atomic mass is 19.1. The van der Waals surface area contributed by atoms with Crippen LogP contribution in [0.25, 0.3) is 0 Å². The van der Waals surface area contributed by atoms with E-state index in [1.54, 1.807) is 49.4 Å². The van der Waals surface area contributed by atoms with E-state index < -0.39 is 11.9 Å². The lowest BCUT2D eigenvalue weighted by Crippen LogP contribution is -2.49. The molecule has 4 amide bonds. The Kier molecular flexibility index (Phi) is 8.15. The summed E-state index contributed by atoms with van der Waals surface area (Å²) in [5.41, 5.74) is 1.02. The SMILES string of the molecule is CC[C@H](C)NC(=O)[C@@H](C)N(Cc1ccccc1F)C(=O)CCCN1C(=O)c2ccccc2C1=O. The highest BCUT2D eigenvalue weighted by Gasteiger charge is 2.35. The molecule has 8 heteroatoms. The first-order valence-corrected chi connectivity index (χ1v) is 11.5. The number of imide groups is 1. The second-order valence-electron chi connectivity index (χ2n) is 8.52. The van der Waals surface area contributed by atoms with Crippen LogP contribution in [0.1, 0.15) is 66.3 Å². The van der Waals surface area contributed by atoms with Crippen LogP contribution in [0.4, 0.5) is 4.39 Å². The van der Waals surface area contributed by atoms with Crippen LogP contribution >= 0.6 is 0 Å². The summed E-state index contributed by atoms with van der Waals surface area (Å²) in [6, 6.07) is 11.8. The molecule has 0 saturated heterocycles. The number of nitrogens with zero attached hydrogens (tertiary/aromatic N) is 2. The van der Waals surface area contributed by atoms with Gasteiger partial charge in [0.1, 0.15) is 11.9 Å². The number of fused-ring (bicyclic) bond motifs is 1. The normalized spacial score (nSPS) is 14.5. The Morgan fingerprint density at radius 3 is 2.18 bits per heavy atom. The molecule has 0 aliphatic carbocycles. The molecular formula is C26H30FN3O4. The molecule has 2 aromatic carbocycles. The average molecular weight is 468 g/mol. The first kappa shape index (κ1) is 25.1. The van der Waals surface area contributed by atoms with Gasteiger partial charge in [-0.05, 0) is 44.9 Å². The van der Waals surface area contributed by atoms with E-state index in [4.69, 9.17) is 0 Å². The Balaban J connectivity index is 1.68. The van der Waals surface area contributed by atoms with Crippen LogP contribution in [0.5, 0.6) is 0 Å². The molecule has 2 aromatic rings.